The van der Waals surface area contributed by atoms with Gasteiger partial charge in [-0.1, -0.05) is 141 Å². The Morgan fingerprint density at radius 2 is 0.743 bits per heavy atom. The molecule has 0 saturated carbocycles. The van der Waals surface area contributed by atoms with Crippen LogP contribution in [0.1, 0.15) is 161 Å². The second kappa shape index (κ2) is 29.4. The van der Waals surface area contributed by atoms with Gasteiger partial charge in [-0.15, -0.1) is 0 Å². The van der Waals surface area contributed by atoms with Gasteiger partial charge in [-0.25, -0.2) is 0 Å². The van der Waals surface area contributed by atoms with E-state index in [-0.39, 0.29) is 11.5 Å². The topological polar surface area (TPSA) is 44.8 Å². The lowest BCUT2D eigenvalue weighted by atomic mass is 10.0. The van der Waals surface area contributed by atoms with Crippen LogP contribution in [-0.2, 0) is 19.3 Å². The predicted octanol–water partition coefficient (Wildman–Crippen LogP) is 10.0. The minimum Gasteiger partial charge on any atom is -0.385 e. The van der Waals surface area contributed by atoms with E-state index >= 15 is 0 Å². The molecule has 0 aromatic heterocycles. The predicted molar refractivity (Wildman–Crippen MR) is 150 cm³/mol. The first kappa shape index (κ1) is 34.1. The van der Waals surface area contributed by atoms with Crippen molar-refractivity contribution in [1.29, 1.82) is 0 Å². The van der Waals surface area contributed by atoms with Crippen LogP contribution in [0.3, 0.4) is 0 Å². The van der Waals surface area contributed by atoms with E-state index in [0.29, 0.717) is 6.61 Å². The molecule has 4 heteroatoms. The monoisotopic (exact) mass is 496 g/mol. The third-order valence-corrected chi connectivity index (χ3v) is 6.88. The fourth-order valence-corrected chi connectivity index (χ4v) is 4.47. The molecule has 0 aromatic carbocycles. The summed E-state index contributed by atoms with van der Waals surface area (Å²) in [7, 11) is 1.80. The van der Waals surface area contributed by atoms with E-state index in [9.17, 15) is 4.79 Å². The average Bonchev–Trinajstić information content (AvgIpc) is 2.85. The van der Waals surface area contributed by atoms with Gasteiger partial charge in [-0.05, 0) is 19.4 Å². The minimum atomic E-state index is -0.187. The lowest BCUT2D eigenvalue weighted by molar-refractivity contribution is -0.260. The van der Waals surface area contributed by atoms with E-state index in [2.05, 4.69) is 6.58 Å². The maximum Gasteiger partial charge on any atom is 0.200 e. The molecule has 0 aliphatic rings. The van der Waals surface area contributed by atoms with E-state index in [1.54, 1.807) is 7.11 Å². The highest BCUT2D eigenvalue weighted by atomic mass is 17.2. The quantitative estimate of drug-likeness (QED) is 0.0326. The van der Waals surface area contributed by atoms with E-state index in [1.807, 2.05) is 0 Å². The molecule has 0 saturated heterocycles. The number of carbonyl (C=O) groups excluding carboxylic acids is 1. The zero-order valence-corrected chi connectivity index (χ0v) is 23.7. The third kappa shape index (κ3) is 29.3. The van der Waals surface area contributed by atoms with Gasteiger partial charge in [0.1, 0.15) is 0 Å². The van der Waals surface area contributed by atoms with Crippen LogP contribution < -0.4 is 0 Å². The number of hydrogen-bond acceptors (Lipinski definition) is 4. The molecule has 0 unspecified atom stereocenters. The van der Waals surface area contributed by atoms with E-state index in [0.717, 1.165) is 19.4 Å². The summed E-state index contributed by atoms with van der Waals surface area (Å²) in [5.74, 6) is -0.106. The summed E-state index contributed by atoms with van der Waals surface area (Å²) in [6.45, 7) is 6.37. The average molecular weight is 497 g/mol. The van der Waals surface area contributed by atoms with Crippen molar-refractivity contribution in [3.63, 3.8) is 0 Å². The lowest BCUT2D eigenvalue weighted by Crippen LogP contribution is -2.02. The van der Waals surface area contributed by atoms with Gasteiger partial charge in [0.2, 0.25) is 5.76 Å². The van der Waals surface area contributed by atoms with E-state index in [4.69, 9.17) is 14.5 Å². The SMILES string of the molecule is C=C(OOCCCCCCCCCCCCCCCCCCCCCCCCCCOC)C(C)=O. The van der Waals surface area contributed by atoms with Gasteiger partial charge in [-0.2, -0.15) is 4.89 Å². The Morgan fingerprint density at radius 1 is 0.486 bits per heavy atom. The molecule has 0 aliphatic carbocycles. The highest BCUT2D eigenvalue weighted by Crippen LogP contribution is 2.15. The van der Waals surface area contributed by atoms with Crippen molar-refractivity contribution in [2.45, 2.75) is 161 Å². The molecule has 0 fully saturated rings. The summed E-state index contributed by atoms with van der Waals surface area (Å²) < 4.78 is 5.09. The largest absolute Gasteiger partial charge is 0.385 e. The van der Waals surface area contributed by atoms with Crippen molar-refractivity contribution in [3.05, 3.63) is 12.3 Å². The fraction of sp³-hybridized carbons (Fsp3) is 0.903. The van der Waals surface area contributed by atoms with Gasteiger partial charge in [0.15, 0.2) is 5.78 Å². The molecule has 0 spiro atoms. The van der Waals surface area contributed by atoms with Crippen LogP contribution in [0, 0.1) is 0 Å². The molecule has 0 heterocycles. The summed E-state index contributed by atoms with van der Waals surface area (Å²) in [5, 5.41) is 0. The van der Waals surface area contributed by atoms with Crippen LogP contribution in [0.2, 0.25) is 0 Å². The molecular weight excluding hydrogens is 436 g/mol. The Hall–Kier alpha value is -0.870. The summed E-state index contributed by atoms with van der Waals surface area (Å²) in [6, 6.07) is 0. The van der Waals surface area contributed by atoms with Crippen LogP contribution >= 0.6 is 0 Å². The molecule has 0 N–H and O–H groups in total. The van der Waals surface area contributed by atoms with Crippen LogP contribution in [0.5, 0.6) is 0 Å². The van der Waals surface area contributed by atoms with Crippen molar-refractivity contribution in [3.8, 4) is 0 Å². The van der Waals surface area contributed by atoms with Gasteiger partial charge < -0.3 is 9.62 Å². The minimum absolute atomic E-state index is 0.0809. The molecule has 208 valence electrons. The third-order valence-electron chi connectivity index (χ3n) is 6.88. The Balaban J connectivity index is 3.05. The molecule has 0 radical (unpaired) electrons. The van der Waals surface area contributed by atoms with Gasteiger partial charge in [-0.3, -0.25) is 4.79 Å². The maximum atomic E-state index is 10.9. The van der Waals surface area contributed by atoms with Crippen molar-refractivity contribution in [2.24, 2.45) is 0 Å². The number of unbranched alkanes of at least 4 members (excludes halogenated alkanes) is 23. The van der Waals surface area contributed by atoms with E-state index < -0.39 is 0 Å². The van der Waals surface area contributed by atoms with Crippen LogP contribution in [0.25, 0.3) is 0 Å². The smallest absolute Gasteiger partial charge is 0.200 e. The first-order valence-electron chi connectivity index (χ1n) is 15.2. The van der Waals surface area contributed by atoms with Crippen molar-refractivity contribution in [2.75, 3.05) is 20.3 Å². The van der Waals surface area contributed by atoms with Gasteiger partial charge >= 0.3 is 0 Å². The Bertz CT molecular complexity index is 449. The molecule has 0 atom stereocenters. The Kier molecular flexibility index (Phi) is 28.6. The number of methoxy groups -OCH3 is 1. The number of ether oxygens (including phenoxy) is 1. The first-order valence-corrected chi connectivity index (χ1v) is 15.2. The van der Waals surface area contributed by atoms with Gasteiger partial charge in [0.25, 0.3) is 0 Å². The standard InChI is InChI=1S/C31H60O4/c1-30(32)31(2)35-34-29-27-25-23-21-19-17-15-13-11-9-7-5-4-6-8-10-12-14-16-18-20-22-24-26-28-33-3/h2,4-29H2,1,3H3. The first-order chi connectivity index (χ1) is 17.2. The Morgan fingerprint density at radius 3 is 1.00 bits per heavy atom. The summed E-state index contributed by atoms with van der Waals surface area (Å²) >= 11 is 0. The number of carbonyl (C=O) groups is 1. The summed E-state index contributed by atoms with van der Waals surface area (Å²) in [4.78, 5) is 20.7. The number of ketones is 1. The molecule has 0 amide bonds. The molecule has 0 bridgehead atoms. The van der Waals surface area contributed by atoms with Crippen molar-refractivity contribution >= 4 is 5.78 Å². The lowest BCUT2D eigenvalue weighted by Gasteiger charge is -2.05. The number of allylic oxidation sites excluding steroid dienone is 1. The summed E-state index contributed by atoms with van der Waals surface area (Å²) in [6.07, 6.45) is 33.0. The fourth-order valence-electron chi connectivity index (χ4n) is 4.47. The highest BCUT2D eigenvalue weighted by Gasteiger charge is 2.02. The molecule has 0 rings (SSSR count). The number of hydrogen-bond donors (Lipinski definition) is 0. The summed E-state index contributed by atoms with van der Waals surface area (Å²) in [5.41, 5.74) is 0. The normalized spacial score (nSPS) is 11.1. The molecule has 0 aromatic rings. The maximum absolute atomic E-state index is 10.9. The second-order valence-corrected chi connectivity index (χ2v) is 10.4. The van der Waals surface area contributed by atoms with Crippen LogP contribution in [0.4, 0.5) is 0 Å². The number of rotatable bonds is 30. The highest BCUT2D eigenvalue weighted by molar-refractivity contribution is 5.90. The zero-order valence-electron chi connectivity index (χ0n) is 23.7. The molecule has 4 nitrogen and oxygen atoms in total. The van der Waals surface area contributed by atoms with Crippen molar-refractivity contribution < 1.29 is 19.3 Å². The molecule has 0 aliphatic heterocycles. The zero-order chi connectivity index (χ0) is 25.7. The van der Waals surface area contributed by atoms with E-state index in [1.165, 1.54) is 148 Å². The molecule has 35 heavy (non-hydrogen) atoms. The number of Topliss-reactive ketones (excluding diaryl/α,β-unsaturated/α-hetero) is 1. The van der Waals surface area contributed by atoms with Gasteiger partial charge in [0, 0.05) is 20.6 Å². The molecular formula is C31H60O4. The Labute approximate surface area is 218 Å². The van der Waals surface area contributed by atoms with Gasteiger partial charge in [0.05, 0.1) is 6.61 Å². The van der Waals surface area contributed by atoms with Crippen molar-refractivity contribution in [1.82, 2.24) is 0 Å². The van der Waals surface area contributed by atoms with Crippen LogP contribution in [0.15, 0.2) is 12.3 Å². The van der Waals surface area contributed by atoms with Crippen LogP contribution in [-0.4, -0.2) is 26.1 Å². The second-order valence-electron chi connectivity index (χ2n) is 10.4.